The van der Waals surface area contributed by atoms with Crippen LogP contribution >= 0.6 is 0 Å². The van der Waals surface area contributed by atoms with Crippen molar-refractivity contribution in [3.63, 3.8) is 0 Å². The number of hydrogen-bond acceptors (Lipinski definition) is 9. The van der Waals surface area contributed by atoms with E-state index in [1.165, 1.54) is 6.08 Å². The summed E-state index contributed by atoms with van der Waals surface area (Å²) in [7, 11) is 0. The molecule has 2 amide bonds. The first-order valence-corrected chi connectivity index (χ1v) is 8.47. The number of amides is 2. The van der Waals surface area contributed by atoms with E-state index in [4.69, 9.17) is 10.2 Å². The number of carbonyl (C=O) groups excluding carboxylic acids is 4. The fourth-order valence-corrected chi connectivity index (χ4v) is 2.07. The lowest BCUT2D eigenvalue weighted by atomic mass is 10.2. The number of aliphatic imine (C=N–C) groups is 1. The number of nitrogens with one attached hydrogen (secondary N) is 4. The van der Waals surface area contributed by atoms with E-state index < -0.39 is 35.8 Å². The van der Waals surface area contributed by atoms with Gasteiger partial charge < -0.3 is 19.8 Å². The van der Waals surface area contributed by atoms with E-state index in [-0.39, 0.29) is 43.5 Å². The number of aliphatic carboxylic acids is 2. The summed E-state index contributed by atoms with van der Waals surface area (Å²) in [6, 6.07) is -1.80. The van der Waals surface area contributed by atoms with Gasteiger partial charge in [0.2, 0.25) is 0 Å². The summed E-state index contributed by atoms with van der Waals surface area (Å²) in [6.45, 7) is -0.104. The van der Waals surface area contributed by atoms with E-state index in [1.54, 1.807) is 0 Å². The average molecular weight is 411 g/mol. The zero-order valence-corrected chi connectivity index (χ0v) is 15.2. The molecule has 13 nitrogen and oxygen atoms in total. The predicted molar refractivity (Wildman–Crippen MR) is 96.4 cm³/mol. The second kappa shape index (κ2) is 12.1. The molecular weight excluding hydrogens is 390 g/mol. The molecule has 1 aliphatic heterocycles. The van der Waals surface area contributed by atoms with Gasteiger partial charge in [-0.05, 0) is 18.9 Å². The summed E-state index contributed by atoms with van der Waals surface area (Å²) in [6.07, 6.45) is 1.54. The molecule has 13 heteroatoms. The van der Waals surface area contributed by atoms with Crippen molar-refractivity contribution < 1.29 is 39.0 Å². The molecule has 0 saturated carbocycles. The van der Waals surface area contributed by atoms with Gasteiger partial charge in [-0.2, -0.15) is 0 Å². The Labute approximate surface area is 164 Å². The van der Waals surface area contributed by atoms with E-state index in [9.17, 15) is 28.8 Å². The third-order valence-corrected chi connectivity index (χ3v) is 3.66. The maximum absolute atomic E-state index is 12.0. The van der Waals surface area contributed by atoms with Crippen LogP contribution in [0.1, 0.15) is 25.7 Å². The Morgan fingerprint density at radius 3 is 1.86 bits per heavy atom. The molecular formula is C16H21N5O8. The van der Waals surface area contributed by atoms with Gasteiger partial charge in [0.05, 0.1) is 18.6 Å². The van der Waals surface area contributed by atoms with E-state index in [0.717, 1.165) is 0 Å². The Kier molecular flexibility index (Phi) is 9.84. The predicted octanol–water partition coefficient (Wildman–Crippen LogP) is -2.53. The molecule has 1 heterocycles. The molecule has 0 radical (unpaired) electrons. The van der Waals surface area contributed by atoms with Crippen LogP contribution in [0, 0.1) is 0 Å². The van der Waals surface area contributed by atoms with E-state index in [0.29, 0.717) is 12.6 Å². The van der Waals surface area contributed by atoms with Gasteiger partial charge in [-0.1, -0.05) is 0 Å². The van der Waals surface area contributed by atoms with Gasteiger partial charge in [0.1, 0.15) is 18.3 Å². The Hall–Kier alpha value is -3.45. The van der Waals surface area contributed by atoms with Crippen molar-refractivity contribution in [3.05, 3.63) is 11.6 Å². The minimum atomic E-state index is -1.09. The smallest absolute Gasteiger partial charge is 0.303 e. The van der Waals surface area contributed by atoms with E-state index in [2.05, 4.69) is 26.7 Å². The lowest BCUT2D eigenvalue weighted by Gasteiger charge is -2.12. The molecule has 29 heavy (non-hydrogen) atoms. The maximum atomic E-state index is 12.0. The van der Waals surface area contributed by atoms with Crippen LogP contribution in [0.25, 0.3) is 0 Å². The van der Waals surface area contributed by atoms with Crippen molar-refractivity contribution in [3.8, 4) is 0 Å². The number of carboxylic acid groups (broad SMARTS) is 2. The van der Waals surface area contributed by atoms with Gasteiger partial charge in [-0.15, -0.1) is 0 Å². The van der Waals surface area contributed by atoms with Crippen LogP contribution in [0.5, 0.6) is 0 Å². The highest BCUT2D eigenvalue weighted by Gasteiger charge is 2.21. The van der Waals surface area contributed by atoms with Crippen LogP contribution in [0.4, 0.5) is 0 Å². The molecule has 0 fully saturated rings. The summed E-state index contributed by atoms with van der Waals surface area (Å²) >= 11 is 0. The minimum absolute atomic E-state index is 0.0201. The molecule has 0 aromatic carbocycles. The van der Waals surface area contributed by atoms with Crippen molar-refractivity contribution in [2.24, 2.45) is 4.99 Å². The first-order valence-electron chi connectivity index (χ1n) is 8.47. The largest absolute Gasteiger partial charge is 0.481 e. The monoisotopic (exact) mass is 411 g/mol. The van der Waals surface area contributed by atoms with Gasteiger partial charge in [-0.25, -0.2) is 10.9 Å². The lowest BCUT2D eigenvalue weighted by molar-refractivity contribution is -0.138. The van der Waals surface area contributed by atoms with E-state index >= 15 is 0 Å². The van der Waals surface area contributed by atoms with Crippen molar-refractivity contribution in [1.29, 1.82) is 0 Å². The Morgan fingerprint density at radius 2 is 1.41 bits per heavy atom. The number of carbonyl (C=O) groups is 6. The number of aldehydes is 2. The van der Waals surface area contributed by atoms with Crippen LogP contribution in [-0.4, -0.2) is 70.9 Å². The Bertz CT molecular complexity index is 733. The molecule has 0 bridgehead atoms. The van der Waals surface area contributed by atoms with Crippen molar-refractivity contribution >= 4 is 42.0 Å². The fourth-order valence-electron chi connectivity index (χ4n) is 2.07. The highest BCUT2D eigenvalue weighted by Crippen LogP contribution is 2.06. The number of rotatable bonds is 14. The first kappa shape index (κ1) is 23.6. The minimum Gasteiger partial charge on any atom is -0.481 e. The second-order valence-corrected chi connectivity index (χ2v) is 5.92. The third kappa shape index (κ3) is 8.85. The quantitative estimate of drug-likeness (QED) is 0.131. The Morgan fingerprint density at radius 1 is 0.931 bits per heavy atom. The molecule has 0 saturated heterocycles. The van der Waals surface area contributed by atoms with Crippen molar-refractivity contribution in [2.45, 2.75) is 37.8 Å². The van der Waals surface area contributed by atoms with Gasteiger partial charge in [0.25, 0.3) is 11.8 Å². The molecule has 6 N–H and O–H groups in total. The van der Waals surface area contributed by atoms with Crippen LogP contribution in [0.3, 0.4) is 0 Å². The molecule has 1 rings (SSSR count). The lowest BCUT2D eigenvalue weighted by Crippen LogP contribution is -2.47. The van der Waals surface area contributed by atoms with Crippen molar-refractivity contribution in [1.82, 2.24) is 21.7 Å². The standard InChI is InChI=1S/C16H21N5O8/c22-7-10(1-3-13(24)25)18-20-15(28)9-5-12(17-6-9)16(29)21-19-11(8-23)2-4-14(26)27/h5,7-8,10-11,18-19H,1-4,6H2,(H,20,28)(H,21,29)(H,24,25)(H,26,27)/t10-,11-/m0/s1. The highest BCUT2D eigenvalue weighted by molar-refractivity contribution is 6.44. The van der Waals surface area contributed by atoms with Crippen molar-refractivity contribution in [2.75, 3.05) is 6.54 Å². The number of hydrogen-bond donors (Lipinski definition) is 6. The second-order valence-electron chi connectivity index (χ2n) is 5.92. The molecule has 158 valence electrons. The average Bonchev–Trinajstić information content (AvgIpc) is 3.18. The van der Waals surface area contributed by atoms with Gasteiger partial charge >= 0.3 is 11.9 Å². The van der Waals surface area contributed by atoms with Gasteiger partial charge in [0, 0.05) is 18.4 Å². The van der Waals surface area contributed by atoms with Crippen LogP contribution < -0.4 is 21.7 Å². The summed E-state index contributed by atoms with van der Waals surface area (Å²) in [5.74, 6) is -3.55. The van der Waals surface area contributed by atoms with E-state index in [1.807, 2.05) is 0 Å². The fraction of sp³-hybridized carbons (Fsp3) is 0.438. The normalized spacial score (nSPS) is 14.8. The van der Waals surface area contributed by atoms with Gasteiger partial charge in [-0.3, -0.25) is 35.0 Å². The summed E-state index contributed by atoms with van der Waals surface area (Å²) in [4.78, 5) is 70.7. The molecule has 2 atom stereocenters. The summed E-state index contributed by atoms with van der Waals surface area (Å²) in [5, 5.41) is 17.2. The molecule has 0 spiro atoms. The maximum Gasteiger partial charge on any atom is 0.303 e. The highest BCUT2D eigenvalue weighted by atomic mass is 16.4. The number of nitrogens with zero attached hydrogens (tertiary/aromatic N) is 1. The molecule has 0 aromatic rings. The molecule has 0 aromatic heterocycles. The SMILES string of the molecule is O=C[C@H](CCC(=O)O)NNC(=O)C1=CC(C(=O)NN[C@H](C=O)CCC(=O)O)=NC1. The molecule has 0 aliphatic carbocycles. The van der Waals surface area contributed by atoms with Crippen LogP contribution in [0.15, 0.2) is 16.6 Å². The van der Waals surface area contributed by atoms with Gasteiger partial charge in [0.15, 0.2) is 0 Å². The topological polar surface area (TPSA) is 203 Å². The third-order valence-electron chi connectivity index (χ3n) is 3.66. The zero-order chi connectivity index (χ0) is 21.8. The summed E-state index contributed by atoms with van der Waals surface area (Å²) < 4.78 is 0. The number of carboxylic acids is 2. The molecule has 1 aliphatic rings. The van der Waals surface area contributed by atoms with Crippen LogP contribution in [-0.2, 0) is 28.8 Å². The first-order chi connectivity index (χ1) is 13.8. The number of hydrazine groups is 2. The van der Waals surface area contributed by atoms with Crippen LogP contribution in [0.2, 0.25) is 0 Å². The zero-order valence-electron chi connectivity index (χ0n) is 15.2. The summed E-state index contributed by atoms with van der Waals surface area (Å²) in [5.41, 5.74) is 9.24. The Balaban J connectivity index is 2.48. The molecule has 0 unspecified atom stereocenters.